The number of carbonyl (C=O) groups excluding carboxylic acids is 2. The summed E-state index contributed by atoms with van der Waals surface area (Å²) >= 11 is 0. The molecule has 0 radical (unpaired) electrons. The minimum absolute atomic E-state index is 0.0319. The first-order valence-electron chi connectivity index (χ1n) is 11.8. The highest BCUT2D eigenvalue weighted by atomic mass is 16.8. The Morgan fingerprint density at radius 1 is 1.00 bits per heavy atom. The second kappa shape index (κ2) is 12.5. The van der Waals surface area contributed by atoms with Gasteiger partial charge in [0, 0.05) is 25.2 Å². The zero-order valence-corrected chi connectivity index (χ0v) is 20.8. The Morgan fingerprint density at radius 2 is 1.72 bits per heavy atom. The van der Waals surface area contributed by atoms with E-state index in [9.17, 15) is 14.4 Å². The molecular weight excluding hydrogens is 464 g/mol. The van der Waals surface area contributed by atoms with Crippen molar-refractivity contribution in [2.45, 2.75) is 59.5 Å². The summed E-state index contributed by atoms with van der Waals surface area (Å²) in [6, 6.07) is 12.4. The van der Waals surface area contributed by atoms with Crippen LogP contribution in [0.2, 0.25) is 0 Å². The molecule has 10 heteroatoms. The SMILES string of the molecule is CCC(CC)OC(=O)OC(C)OC(=O)c1c(-c2ccccc2)nn(CC)c(=O)c1Nc1cccnc1. The molecule has 2 aromatic heterocycles. The van der Waals surface area contributed by atoms with Crippen LogP contribution in [0.15, 0.2) is 59.7 Å². The highest BCUT2D eigenvalue weighted by Gasteiger charge is 2.28. The minimum atomic E-state index is -1.28. The third-order valence-corrected chi connectivity index (χ3v) is 5.35. The monoisotopic (exact) mass is 494 g/mol. The maximum Gasteiger partial charge on any atom is 0.511 e. The van der Waals surface area contributed by atoms with Gasteiger partial charge in [0.1, 0.15) is 23.0 Å². The number of esters is 1. The average molecular weight is 495 g/mol. The van der Waals surface area contributed by atoms with E-state index in [2.05, 4.69) is 15.4 Å². The van der Waals surface area contributed by atoms with Crippen molar-refractivity contribution in [3.8, 4) is 11.3 Å². The van der Waals surface area contributed by atoms with Crippen LogP contribution in [0.3, 0.4) is 0 Å². The molecule has 0 spiro atoms. The first kappa shape index (κ1) is 26.4. The molecule has 3 aromatic rings. The van der Waals surface area contributed by atoms with Crippen LogP contribution in [0.25, 0.3) is 11.3 Å². The Morgan fingerprint density at radius 3 is 2.33 bits per heavy atom. The lowest BCUT2D eigenvalue weighted by molar-refractivity contribution is -0.0895. The zero-order valence-electron chi connectivity index (χ0n) is 20.8. The van der Waals surface area contributed by atoms with Crippen LogP contribution in [-0.2, 0) is 20.8 Å². The maximum absolute atomic E-state index is 13.4. The highest BCUT2D eigenvalue weighted by Crippen LogP contribution is 2.28. The summed E-state index contributed by atoms with van der Waals surface area (Å²) in [6.07, 6.45) is 1.85. The largest absolute Gasteiger partial charge is 0.511 e. The molecule has 0 amide bonds. The van der Waals surface area contributed by atoms with Gasteiger partial charge in [0.05, 0.1) is 11.9 Å². The molecule has 2 heterocycles. The summed E-state index contributed by atoms with van der Waals surface area (Å²) in [4.78, 5) is 42.9. The van der Waals surface area contributed by atoms with Crippen molar-refractivity contribution in [2.24, 2.45) is 0 Å². The van der Waals surface area contributed by atoms with Crippen molar-refractivity contribution in [3.63, 3.8) is 0 Å². The van der Waals surface area contributed by atoms with E-state index in [1.807, 2.05) is 19.9 Å². The van der Waals surface area contributed by atoms with Crippen molar-refractivity contribution in [1.29, 1.82) is 0 Å². The van der Waals surface area contributed by atoms with E-state index in [0.717, 1.165) is 0 Å². The van der Waals surface area contributed by atoms with Crippen molar-refractivity contribution < 1.29 is 23.8 Å². The second-order valence-electron chi connectivity index (χ2n) is 7.85. The van der Waals surface area contributed by atoms with E-state index in [1.165, 1.54) is 17.8 Å². The smallest absolute Gasteiger partial charge is 0.431 e. The Balaban J connectivity index is 2.01. The summed E-state index contributed by atoms with van der Waals surface area (Å²) in [5, 5.41) is 7.42. The summed E-state index contributed by atoms with van der Waals surface area (Å²) in [7, 11) is 0. The average Bonchev–Trinajstić information content (AvgIpc) is 2.89. The highest BCUT2D eigenvalue weighted by molar-refractivity contribution is 6.02. The number of aromatic nitrogens is 3. The maximum atomic E-state index is 13.4. The summed E-state index contributed by atoms with van der Waals surface area (Å²) < 4.78 is 17.0. The number of hydrogen-bond acceptors (Lipinski definition) is 9. The van der Waals surface area contributed by atoms with E-state index < -0.39 is 24.0 Å². The van der Waals surface area contributed by atoms with Gasteiger partial charge in [-0.25, -0.2) is 14.3 Å². The van der Waals surface area contributed by atoms with Gasteiger partial charge in [-0.1, -0.05) is 44.2 Å². The molecule has 10 nitrogen and oxygen atoms in total. The number of benzene rings is 1. The fourth-order valence-corrected chi connectivity index (χ4v) is 3.47. The van der Waals surface area contributed by atoms with E-state index in [1.54, 1.807) is 49.5 Å². The molecule has 0 fully saturated rings. The van der Waals surface area contributed by atoms with Crippen molar-refractivity contribution in [2.75, 3.05) is 5.32 Å². The number of ether oxygens (including phenoxy) is 3. The van der Waals surface area contributed by atoms with Crippen LogP contribution in [0, 0.1) is 0 Å². The fraction of sp³-hybridized carbons (Fsp3) is 0.346. The first-order valence-corrected chi connectivity index (χ1v) is 11.8. The van der Waals surface area contributed by atoms with Crippen molar-refractivity contribution >= 4 is 23.5 Å². The zero-order chi connectivity index (χ0) is 26.1. The predicted octanol–water partition coefficient (Wildman–Crippen LogP) is 4.91. The number of nitrogens with zero attached hydrogens (tertiary/aromatic N) is 3. The lowest BCUT2D eigenvalue weighted by atomic mass is 10.0. The predicted molar refractivity (Wildman–Crippen MR) is 134 cm³/mol. The van der Waals surface area contributed by atoms with Crippen LogP contribution in [-0.4, -0.2) is 39.3 Å². The van der Waals surface area contributed by atoms with Gasteiger partial charge in [0.15, 0.2) is 0 Å². The minimum Gasteiger partial charge on any atom is -0.431 e. The van der Waals surface area contributed by atoms with Gasteiger partial charge in [-0.3, -0.25) is 9.78 Å². The van der Waals surface area contributed by atoms with Crippen LogP contribution in [0.1, 0.15) is 50.9 Å². The molecule has 0 bridgehead atoms. The second-order valence-corrected chi connectivity index (χ2v) is 7.85. The van der Waals surface area contributed by atoms with E-state index >= 15 is 0 Å². The number of nitrogens with one attached hydrogen (secondary N) is 1. The Bertz CT molecular complexity index is 1230. The van der Waals surface area contributed by atoms with Gasteiger partial charge < -0.3 is 19.5 Å². The van der Waals surface area contributed by atoms with E-state index in [4.69, 9.17) is 14.2 Å². The van der Waals surface area contributed by atoms with Gasteiger partial charge in [-0.2, -0.15) is 5.10 Å². The molecule has 190 valence electrons. The molecule has 3 rings (SSSR count). The Kier molecular flexibility index (Phi) is 9.15. The number of anilines is 2. The molecule has 0 aliphatic rings. The number of aryl methyl sites for hydroxylation is 1. The summed E-state index contributed by atoms with van der Waals surface area (Å²) in [6.45, 7) is 7.22. The normalized spacial score (nSPS) is 11.6. The molecule has 0 saturated heterocycles. The molecule has 1 atom stereocenters. The van der Waals surface area contributed by atoms with E-state index in [0.29, 0.717) is 24.1 Å². The fourth-order valence-electron chi connectivity index (χ4n) is 3.47. The number of hydrogen-bond donors (Lipinski definition) is 1. The Labute approximate surface area is 209 Å². The van der Waals surface area contributed by atoms with Crippen LogP contribution in [0.4, 0.5) is 16.2 Å². The lowest BCUT2D eigenvalue weighted by Crippen LogP contribution is -2.30. The van der Waals surface area contributed by atoms with E-state index in [-0.39, 0.29) is 29.6 Å². The summed E-state index contributed by atoms with van der Waals surface area (Å²) in [5.41, 5.74) is 0.686. The molecule has 0 aliphatic carbocycles. The van der Waals surface area contributed by atoms with Crippen molar-refractivity contribution in [1.82, 2.24) is 14.8 Å². The molecule has 0 aliphatic heterocycles. The third kappa shape index (κ3) is 6.47. The number of pyridine rings is 1. The van der Waals surface area contributed by atoms with Gasteiger partial charge in [-0.05, 0) is 31.9 Å². The molecule has 36 heavy (non-hydrogen) atoms. The molecular formula is C26H30N4O6. The van der Waals surface area contributed by atoms with Gasteiger partial charge in [-0.15, -0.1) is 0 Å². The van der Waals surface area contributed by atoms with Crippen LogP contribution >= 0.6 is 0 Å². The standard InChI is InChI=1S/C26H30N4O6/c1-5-20(6-2)36-26(33)35-17(4)34-25(32)21-22(18-12-9-8-10-13-18)29-30(7-3)24(31)23(21)28-19-14-11-15-27-16-19/h8-17,20,28H,5-7H2,1-4H3. The topological polar surface area (TPSA) is 122 Å². The quantitative estimate of drug-likeness (QED) is 0.309. The number of carbonyl (C=O) groups is 2. The van der Waals surface area contributed by atoms with Crippen LogP contribution in [0.5, 0.6) is 0 Å². The molecule has 1 aromatic carbocycles. The molecule has 1 unspecified atom stereocenters. The first-order chi connectivity index (χ1) is 17.4. The molecule has 1 N–H and O–H groups in total. The third-order valence-electron chi connectivity index (χ3n) is 5.35. The number of rotatable bonds is 10. The van der Waals surface area contributed by atoms with Crippen LogP contribution < -0.4 is 10.9 Å². The van der Waals surface area contributed by atoms with Crippen molar-refractivity contribution in [3.05, 3.63) is 70.8 Å². The van der Waals surface area contributed by atoms with Gasteiger partial charge >= 0.3 is 12.1 Å². The summed E-state index contributed by atoms with van der Waals surface area (Å²) in [5.74, 6) is -0.893. The molecule has 0 saturated carbocycles. The van der Waals surface area contributed by atoms with Gasteiger partial charge in [0.2, 0.25) is 6.29 Å². The Hall–Kier alpha value is -4.21. The van der Waals surface area contributed by atoms with Gasteiger partial charge in [0.25, 0.3) is 5.56 Å². The lowest BCUT2D eigenvalue weighted by Gasteiger charge is -2.20.